The summed E-state index contributed by atoms with van der Waals surface area (Å²) in [7, 11) is 1.76. The Labute approximate surface area is 126 Å². The zero-order chi connectivity index (χ0) is 16.0. The largest absolute Gasteiger partial charge is 0.481 e. The van der Waals surface area contributed by atoms with Crippen molar-refractivity contribution in [1.82, 2.24) is 4.90 Å². The summed E-state index contributed by atoms with van der Waals surface area (Å²) in [5.74, 6) is -0.878. The summed E-state index contributed by atoms with van der Waals surface area (Å²) >= 11 is 0. The van der Waals surface area contributed by atoms with Crippen LogP contribution in [0.5, 0.6) is 0 Å². The fourth-order valence-electron chi connectivity index (χ4n) is 2.00. The summed E-state index contributed by atoms with van der Waals surface area (Å²) in [6, 6.07) is 7.82. The summed E-state index contributed by atoms with van der Waals surface area (Å²) < 4.78 is 0. The van der Waals surface area contributed by atoms with Gasteiger partial charge in [0.2, 0.25) is 5.91 Å². The minimum Gasteiger partial charge on any atom is -0.481 e. The van der Waals surface area contributed by atoms with Crippen LogP contribution >= 0.6 is 0 Å². The number of carbonyl (C=O) groups excluding carboxylic acids is 1. The third-order valence-electron chi connectivity index (χ3n) is 3.55. The van der Waals surface area contributed by atoms with Gasteiger partial charge < -0.3 is 14.9 Å². The van der Waals surface area contributed by atoms with E-state index >= 15 is 0 Å². The van der Waals surface area contributed by atoms with Gasteiger partial charge in [-0.15, -0.1) is 0 Å². The van der Waals surface area contributed by atoms with E-state index in [0.29, 0.717) is 6.54 Å². The first-order valence-corrected chi connectivity index (χ1v) is 7.11. The van der Waals surface area contributed by atoms with Gasteiger partial charge in [0.1, 0.15) is 0 Å². The molecule has 1 rings (SSSR count). The van der Waals surface area contributed by atoms with Gasteiger partial charge >= 0.3 is 5.97 Å². The number of aliphatic carboxylic acids is 1. The first-order chi connectivity index (χ1) is 9.82. The molecule has 1 aromatic rings. The number of carbonyl (C=O) groups is 2. The number of benzene rings is 1. The summed E-state index contributed by atoms with van der Waals surface area (Å²) in [6.45, 7) is 6.37. The fraction of sp³-hybridized carbons (Fsp3) is 0.500. The molecular formula is C16H24N2O3. The van der Waals surface area contributed by atoms with Crippen LogP contribution < -0.4 is 4.90 Å². The molecule has 0 aliphatic rings. The van der Waals surface area contributed by atoms with Crippen LogP contribution in [-0.2, 0) is 9.59 Å². The van der Waals surface area contributed by atoms with Crippen molar-refractivity contribution < 1.29 is 14.7 Å². The highest BCUT2D eigenvalue weighted by molar-refractivity contribution is 5.82. The molecule has 0 aliphatic carbocycles. The lowest BCUT2D eigenvalue weighted by molar-refractivity contribution is -0.137. The number of aryl methyl sites for hydroxylation is 1. The summed E-state index contributed by atoms with van der Waals surface area (Å²) in [5.41, 5.74) is 1.94. The van der Waals surface area contributed by atoms with E-state index in [1.54, 1.807) is 11.9 Å². The zero-order valence-corrected chi connectivity index (χ0v) is 13.2. The van der Waals surface area contributed by atoms with Crippen molar-refractivity contribution in [1.29, 1.82) is 0 Å². The zero-order valence-electron chi connectivity index (χ0n) is 13.2. The average Bonchev–Trinajstić information content (AvgIpc) is 2.42. The second-order valence-corrected chi connectivity index (χ2v) is 5.45. The number of amides is 1. The van der Waals surface area contributed by atoms with Crippen molar-refractivity contribution in [2.24, 2.45) is 0 Å². The van der Waals surface area contributed by atoms with E-state index < -0.39 is 5.97 Å². The summed E-state index contributed by atoms with van der Waals surface area (Å²) in [6.07, 6.45) is 0.00695. The normalized spacial score (nSPS) is 10.5. The van der Waals surface area contributed by atoms with Crippen molar-refractivity contribution in [3.05, 3.63) is 29.8 Å². The van der Waals surface area contributed by atoms with Crippen LogP contribution in [0.25, 0.3) is 0 Å². The lowest BCUT2D eigenvalue weighted by Gasteiger charge is -2.29. The monoisotopic (exact) mass is 292 g/mol. The molecule has 0 heterocycles. The van der Waals surface area contributed by atoms with Gasteiger partial charge in [0.15, 0.2) is 0 Å². The van der Waals surface area contributed by atoms with E-state index in [2.05, 4.69) is 0 Å². The lowest BCUT2D eigenvalue weighted by atomic mass is 10.1. The molecular weight excluding hydrogens is 268 g/mol. The number of para-hydroxylation sites is 1. The Hall–Kier alpha value is -2.04. The Morgan fingerprint density at radius 1 is 1.24 bits per heavy atom. The van der Waals surface area contributed by atoms with E-state index in [-0.39, 0.29) is 24.9 Å². The number of likely N-dealkylation sites (N-methyl/N-ethyl adjacent to an activating group) is 1. The Balaban J connectivity index is 2.90. The molecule has 1 aromatic carbocycles. The first-order valence-electron chi connectivity index (χ1n) is 7.11. The van der Waals surface area contributed by atoms with Gasteiger partial charge in [0.05, 0.1) is 13.0 Å². The van der Waals surface area contributed by atoms with Crippen LogP contribution in [0, 0.1) is 6.92 Å². The second kappa shape index (κ2) is 7.67. The predicted octanol–water partition coefficient (Wildman–Crippen LogP) is 2.14. The van der Waals surface area contributed by atoms with Crippen LogP contribution in [0.4, 0.5) is 5.69 Å². The van der Waals surface area contributed by atoms with Gasteiger partial charge in [0, 0.05) is 25.3 Å². The maximum Gasteiger partial charge on any atom is 0.305 e. The third kappa shape index (κ3) is 5.10. The van der Waals surface area contributed by atoms with Crippen molar-refractivity contribution in [2.75, 3.05) is 25.0 Å². The van der Waals surface area contributed by atoms with Crippen LogP contribution in [0.3, 0.4) is 0 Å². The van der Waals surface area contributed by atoms with Crippen LogP contribution in [0.2, 0.25) is 0 Å². The minimum atomic E-state index is -0.863. The van der Waals surface area contributed by atoms with Gasteiger partial charge in [-0.05, 0) is 32.4 Å². The fourth-order valence-corrected chi connectivity index (χ4v) is 2.00. The molecule has 1 N–H and O–H groups in total. The van der Waals surface area contributed by atoms with E-state index in [9.17, 15) is 9.59 Å². The minimum absolute atomic E-state index is 0.00695. The maximum atomic E-state index is 12.3. The SMILES string of the molecule is Cc1ccccc1N(CCC(=O)O)CC(=O)N(C)C(C)C. The van der Waals surface area contributed by atoms with E-state index in [1.807, 2.05) is 49.9 Å². The smallest absolute Gasteiger partial charge is 0.305 e. The van der Waals surface area contributed by atoms with Gasteiger partial charge in [-0.2, -0.15) is 0 Å². The molecule has 0 radical (unpaired) electrons. The van der Waals surface area contributed by atoms with Crippen molar-refractivity contribution in [3.63, 3.8) is 0 Å². The molecule has 5 heteroatoms. The summed E-state index contributed by atoms with van der Waals surface area (Å²) in [4.78, 5) is 26.6. The Morgan fingerprint density at radius 2 is 1.86 bits per heavy atom. The molecule has 0 atom stereocenters. The predicted molar refractivity (Wildman–Crippen MR) is 83.6 cm³/mol. The Kier molecular flexibility index (Phi) is 6.21. The number of rotatable bonds is 7. The van der Waals surface area contributed by atoms with Crippen molar-refractivity contribution in [2.45, 2.75) is 33.2 Å². The van der Waals surface area contributed by atoms with E-state index in [1.165, 1.54) is 0 Å². The number of anilines is 1. The topological polar surface area (TPSA) is 60.9 Å². The number of nitrogens with zero attached hydrogens (tertiary/aromatic N) is 2. The lowest BCUT2D eigenvalue weighted by Crippen LogP contribution is -2.42. The molecule has 0 aromatic heterocycles. The second-order valence-electron chi connectivity index (χ2n) is 5.45. The molecule has 0 fully saturated rings. The Morgan fingerprint density at radius 3 is 2.38 bits per heavy atom. The summed E-state index contributed by atoms with van der Waals surface area (Å²) in [5, 5.41) is 8.89. The molecule has 5 nitrogen and oxygen atoms in total. The third-order valence-corrected chi connectivity index (χ3v) is 3.55. The first kappa shape index (κ1) is 17.0. The highest BCUT2D eigenvalue weighted by atomic mass is 16.4. The van der Waals surface area contributed by atoms with Gasteiger partial charge in [0.25, 0.3) is 0 Å². The molecule has 0 bridgehead atoms. The van der Waals surface area contributed by atoms with E-state index in [0.717, 1.165) is 11.3 Å². The van der Waals surface area contributed by atoms with Crippen molar-refractivity contribution >= 4 is 17.6 Å². The molecule has 0 saturated carbocycles. The molecule has 116 valence electrons. The molecule has 0 spiro atoms. The highest BCUT2D eigenvalue weighted by Crippen LogP contribution is 2.19. The molecule has 21 heavy (non-hydrogen) atoms. The highest BCUT2D eigenvalue weighted by Gasteiger charge is 2.18. The van der Waals surface area contributed by atoms with Crippen LogP contribution in [-0.4, -0.2) is 48.1 Å². The van der Waals surface area contributed by atoms with Gasteiger partial charge in [-0.1, -0.05) is 18.2 Å². The van der Waals surface area contributed by atoms with Crippen LogP contribution in [0.1, 0.15) is 25.8 Å². The van der Waals surface area contributed by atoms with Crippen LogP contribution in [0.15, 0.2) is 24.3 Å². The molecule has 0 saturated heterocycles. The Bertz CT molecular complexity index is 500. The van der Waals surface area contributed by atoms with Gasteiger partial charge in [-0.3, -0.25) is 9.59 Å². The number of carboxylic acids is 1. The van der Waals surface area contributed by atoms with Gasteiger partial charge in [-0.25, -0.2) is 0 Å². The van der Waals surface area contributed by atoms with E-state index in [4.69, 9.17) is 5.11 Å². The maximum absolute atomic E-state index is 12.3. The average molecular weight is 292 g/mol. The van der Waals surface area contributed by atoms with Crippen molar-refractivity contribution in [3.8, 4) is 0 Å². The molecule has 1 amide bonds. The number of hydrogen-bond donors (Lipinski definition) is 1. The molecule has 0 unspecified atom stereocenters. The quantitative estimate of drug-likeness (QED) is 0.836. The number of carboxylic acid groups (broad SMARTS) is 1. The standard InChI is InChI=1S/C16H24N2O3/c1-12(2)17(4)15(19)11-18(10-9-16(20)21)14-8-6-5-7-13(14)3/h5-8,12H,9-11H2,1-4H3,(H,20,21). The number of hydrogen-bond acceptors (Lipinski definition) is 3. The molecule has 0 aliphatic heterocycles.